The summed E-state index contributed by atoms with van der Waals surface area (Å²) in [7, 11) is 4.00. The molecule has 19 heavy (non-hydrogen) atoms. The van der Waals surface area contributed by atoms with Gasteiger partial charge in [-0.3, -0.25) is 4.79 Å². The van der Waals surface area contributed by atoms with E-state index in [1.165, 1.54) is 12.1 Å². The number of carboxylic acid groups (broad SMARTS) is 1. The average molecular weight is 268 g/mol. The van der Waals surface area contributed by atoms with Gasteiger partial charge in [-0.05, 0) is 51.3 Å². The van der Waals surface area contributed by atoms with E-state index in [2.05, 4.69) is 4.90 Å². The highest BCUT2D eigenvalue weighted by molar-refractivity contribution is 5.67. The van der Waals surface area contributed by atoms with Crippen molar-refractivity contribution >= 4 is 11.7 Å². The maximum absolute atomic E-state index is 12.9. The summed E-state index contributed by atoms with van der Waals surface area (Å²) in [4.78, 5) is 14.7. The van der Waals surface area contributed by atoms with Crippen LogP contribution < -0.4 is 4.90 Å². The zero-order valence-corrected chi connectivity index (χ0v) is 11.5. The Kier molecular flexibility index (Phi) is 6.29. The molecule has 0 saturated carbocycles. The van der Waals surface area contributed by atoms with Gasteiger partial charge in [0, 0.05) is 18.8 Å². The molecule has 1 rings (SSSR count). The molecule has 0 heterocycles. The quantitative estimate of drug-likeness (QED) is 0.784. The van der Waals surface area contributed by atoms with E-state index in [4.69, 9.17) is 5.11 Å². The number of nitrogens with zero attached hydrogens (tertiary/aromatic N) is 2. The van der Waals surface area contributed by atoms with Gasteiger partial charge in [0.05, 0.1) is 6.42 Å². The van der Waals surface area contributed by atoms with Gasteiger partial charge in [0.1, 0.15) is 5.82 Å². The molecule has 0 aliphatic rings. The summed E-state index contributed by atoms with van der Waals surface area (Å²) in [5.74, 6) is -1.10. The summed E-state index contributed by atoms with van der Waals surface area (Å²) in [5, 5.41) is 8.77. The highest BCUT2D eigenvalue weighted by atomic mass is 19.1. The first-order chi connectivity index (χ1) is 8.99. The Balaban J connectivity index is 2.62. The zero-order valence-electron chi connectivity index (χ0n) is 11.5. The third kappa shape index (κ3) is 6.20. The number of benzene rings is 1. The Morgan fingerprint density at radius 2 is 1.79 bits per heavy atom. The maximum Gasteiger partial charge on any atom is 0.305 e. The Bertz CT molecular complexity index is 393. The first-order valence-electron chi connectivity index (χ1n) is 6.36. The van der Waals surface area contributed by atoms with E-state index in [9.17, 15) is 9.18 Å². The molecule has 0 fully saturated rings. The van der Waals surface area contributed by atoms with E-state index < -0.39 is 5.97 Å². The summed E-state index contributed by atoms with van der Waals surface area (Å²) in [6.07, 6.45) is 1.02. The SMILES string of the molecule is CN(C)CCCN(CCC(=O)O)c1ccc(F)cc1. The van der Waals surface area contributed by atoms with Crippen molar-refractivity contribution in [2.75, 3.05) is 38.6 Å². The third-order valence-electron chi connectivity index (χ3n) is 2.82. The molecule has 0 aliphatic carbocycles. The van der Waals surface area contributed by atoms with Crippen molar-refractivity contribution in [3.8, 4) is 0 Å². The van der Waals surface area contributed by atoms with Crippen molar-refractivity contribution < 1.29 is 14.3 Å². The summed E-state index contributed by atoms with van der Waals surface area (Å²) in [5.41, 5.74) is 0.862. The fourth-order valence-electron chi connectivity index (χ4n) is 1.83. The highest BCUT2D eigenvalue weighted by Gasteiger charge is 2.09. The molecule has 5 heteroatoms. The topological polar surface area (TPSA) is 43.8 Å². The molecule has 0 amide bonds. The van der Waals surface area contributed by atoms with Crippen molar-refractivity contribution in [1.29, 1.82) is 0 Å². The van der Waals surface area contributed by atoms with Crippen molar-refractivity contribution in [1.82, 2.24) is 4.90 Å². The van der Waals surface area contributed by atoms with Crippen molar-refractivity contribution in [3.63, 3.8) is 0 Å². The number of carbonyl (C=O) groups is 1. The molecule has 1 N–H and O–H groups in total. The minimum absolute atomic E-state index is 0.0827. The lowest BCUT2D eigenvalue weighted by atomic mass is 10.2. The van der Waals surface area contributed by atoms with Crippen molar-refractivity contribution in [2.24, 2.45) is 0 Å². The molecule has 1 aromatic rings. The van der Waals surface area contributed by atoms with Crippen LogP contribution in [0.1, 0.15) is 12.8 Å². The van der Waals surface area contributed by atoms with Crippen LogP contribution >= 0.6 is 0 Å². The second-order valence-electron chi connectivity index (χ2n) is 4.76. The van der Waals surface area contributed by atoms with E-state index in [0.717, 1.165) is 25.2 Å². The van der Waals surface area contributed by atoms with Gasteiger partial charge in [-0.25, -0.2) is 4.39 Å². The zero-order chi connectivity index (χ0) is 14.3. The lowest BCUT2D eigenvalue weighted by molar-refractivity contribution is -0.136. The third-order valence-corrected chi connectivity index (χ3v) is 2.82. The first kappa shape index (κ1) is 15.4. The van der Waals surface area contributed by atoms with Crippen LogP contribution in [0.2, 0.25) is 0 Å². The van der Waals surface area contributed by atoms with Gasteiger partial charge in [0.2, 0.25) is 0 Å². The Labute approximate surface area is 113 Å². The van der Waals surface area contributed by atoms with E-state index in [0.29, 0.717) is 6.54 Å². The van der Waals surface area contributed by atoms with Gasteiger partial charge < -0.3 is 14.9 Å². The normalized spacial score (nSPS) is 10.7. The van der Waals surface area contributed by atoms with Gasteiger partial charge in [0.15, 0.2) is 0 Å². The monoisotopic (exact) mass is 268 g/mol. The molecule has 0 saturated heterocycles. The number of aliphatic carboxylic acids is 1. The van der Waals surface area contributed by atoms with E-state index >= 15 is 0 Å². The van der Waals surface area contributed by atoms with Crippen molar-refractivity contribution in [2.45, 2.75) is 12.8 Å². The molecule has 0 aliphatic heterocycles. The van der Waals surface area contributed by atoms with E-state index in [-0.39, 0.29) is 12.2 Å². The average Bonchev–Trinajstić information content (AvgIpc) is 2.34. The smallest absolute Gasteiger partial charge is 0.305 e. The fourth-order valence-corrected chi connectivity index (χ4v) is 1.83. The fraction of sp³-hybridized carbons (Fsp3) is 0.500. The van der Waals surface area contributed by atoms with E-state index in [1.807, 2.05) is 19.0 Å². The molecular weight excluding hydrogens is 247 g/mol. The second kappa shape index (κ2) is 7.74. The number of carboxylic acids is 1. The second-order valence-corrected chi connectivity index (χ2v) is 4.76. The predicted molar refractivity (Wildman–Crippen MR) is 74.0 cm³/mol. The van der Waals surface area contributed by atoms with Crippen LogP contribution in [0.5, 0.6) is 0 Å². The largest absolute Gasteiger partial charge is 0.481 e. The van der Waals surface area contributed by atoms with Crippen molar-refractivity contribution in [3.05, 3.63) is 30.1 Å². The molecule has 1 aromatic carbocycles. The standard InChI is InChI=1S/C14H21FN2O2/c1-16(2)9-3-10-17(11-8-14(18)19)13-6-4-12(15)5-7-13/h4-7H,3,8-11H2,1-2H3,(H,18,19). The molecular formula is C14H21FN2O2. The highest BCUT2D eigenvalue weighted by Crippen LogP contribution is 2.15. The molecule has 4 nitrogen and oxygen atoms in total. The summed E-state index contributed by atoms with van der Waals surface area (Å²) in [6.45, 7) is 2.14. The number of rotatable bonds is 8. The van der Waals surface area contributed by atoms with Crippen LogP contribution in [0.3, 0.4) is 0 Å². The summed E-state index contributed by atoms with van der Waals surface area (Å²) < 4.78 is 12.9. The molecule has 0 aromatic heterocycles. The molecule has 0 atom stereocenters. The number of halogens is 1. The minimum atomic E-state index is -0.820. The lowest BCUT2D eigenvalue weighted by Gasteiger charge is -2.25. The molecule has 106 valence electrons. The molecule has 0 radical (unpaired) electrons. The van der Waals surface area contributed by atoms with Gasteiger partial charge in [0.25, 0.3) is 0 Å². The molecule has 0 unspecified atom stereocenters. The number of hydrogen-bond donors (Lipinski definition) is 1. The molecule has 0 spiro atoms. The van der Waals surface area contributed by atoms with Crippen LogP contribution in [-0.4, -0.2) is 49.7 Å². The maximum atomic E-state index is 12.9. The van der Waals surface area contributed by atoms with Gasteiger partial charge in [-0.2, -0.15) is 0 Å². The van der Waals surface area contributed by atoms with Crippen LogP contribution in [0.15, 0.2) is 24.3 Å². The van der Waals surface area contributed by atoms with Gasteiger partial charge in [-0.1, -0.05) is 0 Å². The number of anilines is 1. The minimum Gasteiger partial charge on any atom is -0.481 e. The predicted octanol–water partition coefficient (Wildman–Crippen LogP) is 2.06. The Hall–Kier alpha value is -1.62. The van der Waals surface area contributed by atoms with Gasteiger partial charge in [-0.15, -0.1) is 0 Å². The summed E-state index contributed by atoms with van der Waals surface area (Å²) in [6, 6.07) is 6.17. The first-order valence-corrected chi connectivity index (χ1v) is 6.36. The van der Waals surface area contributed by atoms with Gasteiger partial charge >= 0.3 is 5.97 Å². The molecule has 0 bridgehead atoms. The van der Waals surface area contributed by atoms with Crippen LogP contribution in [0.25, 0.3) is 0 Å². The summed E-state index contributed by atoms with van der Waals surface area (Å²) >= 11 is 0. The van der Waals surface area contributed by atoms with Crippen LogP contribution in [-0.2, 0) is 4.79 Å². The van der Waals surface area contributed by atoms with E-state index in [1.54, 1.807) is 12.1 Å². The van der Waals surface area contributed by atoms with Crippen LogP contribution in [0, 0.1) is 5.82 Å². The van der Waals surface area contributed by atoms with Crippen LogP contribution in [0.4, 0.5) is 10.1 Å². The Morgan fingerprint density at radius 1 is 1.16 bits per heavy atom. The number of hydrogen-bond acceptors (Lipinski definition) is 3. The Morgan fingerprint density at radius 3 is 2.32 bits per heavy atom. The lowest BCUT2D eigenvalue weighted by Crippen LogP contribution is -2.29.